The van der Waals surface area contributed by atoms with Gasteiger partial charge in [0, 0.05) is 6.20 Å². The molecule has 1 saturated carbocycles. The highest BCUT2D eigenvalue weighted by atomic mass is 32.2. The van der Waals surface area contributed by atoms with Gasteiger partial charge in [-0.15, -0.1) is 3.95 Å². The molecular weight excluding hydrogens is 279 g/mol. The average Bonchev–Trinajstić information content (AvgIpc) is 3.17. The number of aromatic nitrogens is 1. The Hall–Kier alpha value is -1.46. The van der Waals surface area contributed by atoms with Crippen LogP contribution in [-0.2, 0) is 21.9 Å². The van der Waals surface area contributed by atoms with Gasteiger partial charge in [0.2, 0.25) is 0 Å². The maximum Gasteiger partial charge on any atom is 0.467 e. The minimum Gasteiger partial charge on any atom is -0.305 e. The van der Waals surface area contributed by atoms with Gasteiger partial charge in [-0.25, -0.2) is 0 Å². The zero-order valence-corrected chi connectivity index (χ0v) is 10.8. The minimum atomic E-state index is -4.47. The van der Waals surface area contributed by atoms with Crippen LogP contribution in [0.2, 0.25) is 0 Å². The molecule has 0 aromatic carbocycles. The molecule has 102 valence electrons. The van der Waals surface area contributed by atoms with E-state index in [2.05, 4.69) is 4.98 Å². The molecule has 1 aromatic rings. The van der Waals surface area contributed by atoms with Crippen molar-refractivity contribution >= 4 is 11.0 Å². The molecule has 0 spiro atoms. The third-order valence-corrected chi connectivity index (χ3v) is 4.98. The topological polar surface area (TPSA) is 59.9 Å². The number of nitriles is 1. The molecule has 2 rings (SSSR count). The zero-order chi connectivity index (χ0) is 14.3. The Bertz CT molecular complexity index is 570. The van der Waals surface area contributed by atoms with Crippen LogP contribution in [0.4, 0.5) is 13.2 Å². The summed E-state index contributed by atoms with van der Waals surface area (Å²) in [5, 5.41) is 8.75. The molecule has 0 bridgehead atoms. The van der Waals surface area contributed by atoms with E-state index in [1.54, 1.807) is 0 Å². The van der Waals surface area contributed by atoms with Crippen LogP contribution in [0.5, 0.6) is 0 Å². The third kappa shape index (κ3) is 2.48. The number of rotatable bonds is 2. The summed E-state index contributed by atoms with van der Waals surface area (Å²) in [6.07, 6.45) is -0.264. The first-order chi connectivity index (χ1) is 8.81. The Balaban J connectivity index is 2.37. The summed E-state index contributed by atoms with van der Waals surface area (Å²) in [4.78, 5) is 3.39. The summed E-state index contributed by atoms with van der Waals surface area (Å²) in [6.45, 7) is 0. The fourth-order valence-electron chi connectivity index (χ4n) is 1.82. The van der Waals surface area contributed by atoms with Crippen molar-refractivity contribution in [1.29, 1.82) is 5.26 Å². The van der Waals surface area contributed by atoms with E-state index in [0.29, 0.717) is 18.4 Å². The second-order valence-corrected chi connectivity index (χ2v) is 6.14. The molecule has 0 radical (unpaired) electrons. The van der Waals surface area contributed by atoms with E-state index in [1.165, 1.54) is 13.1 Å². The maximum absolute atomic E-state index is 12.4. The highest BCUT2D eigenvalue weighted by molar-refractivity contribution is 7.80. The summed E-state index contributed by atoms with van der Waals surface area (Å²) in [5.41, 5.74) is -0.424. The van der Waals surface area contributed by atoms with E-state index in [4.69, 9.17) is 5.26 Å². The Morgan fingerprint density at radius 1 is 1.47 bits per heavy atom. The lowest BCUT2D eigenvalue weighted by molar-refractivity contribution is -0.379. The van der Waals surface area contributed by atoms with Gasteiger partial charge in [-0.2, -0.15) is 13.2 Å². The lowest BCUT2D eigenvalue weighted by Gasteiger charge is -2.14. The number of halogens is 3. The van der Waals surface area contributed by atoms with Crippen molar-refractivity contribution in [2.75, 3.05) is 7.05 Å². The van der Waals surface area contributed by atoms with Crippen molar-refractivity contribution in [3.63, 3.8) is 0 Å². The second-order valence-electron chi connectivity index (χ2n) is 4.29. The van der Waals surface area contributed by atoms with E-state index in [0.717, 1.165) is 16.2 Å². The molecule has 1 aromatic heterocycles. The minimum absolute atomic E-state index is 0.536. The van der Waals surface area contributed by atoms with Gasteiger partial charge in [0.15, 0.2) is 5.26 Å². The highest BCUT2D eigenvalue weighted by Gasteiger charge is 2.51. The number of alkyl halides is 3. The van der Waals surface area contributed by atoms with E-state index < -0.39 is 27.6 Å². The van der Waals surface area contributed by atoms with Gasteiger partial charge in [-0.05, 0) is 24.5 Å². The first-order valence-electron chi connectivity index (χ1n) is 5.42. The standard InChI is InChI=1S/C11H10F3N3OS/c1-17(7-15)19(18)10(4-5-10)8-2-3-9(16-6-8)11(12,13)14/h2-3,6H,4-5H2,1H3/p+1. The Morgan fingerprint density at radius 3 is 2.47 bits per heavy atom. The number of nitrogens with zero attached hydrogens (tertiary/aromatic N) is 3. The summed E-state index contributed by atoms with van der Waals surface area (Å²) in [7, 11) is 0.103. The van der Waals surface area contributed by atoms with Gasteiger partial charge in [-0.3, -0.25) is 4.98 Å². The Labute approximate surface area is 110 Å². The summed E-state index contributed by atoms with van der Waals surface area (Å²) in [6, 6.07) is 2.23. The fourth-order valence-corrected chi connectivity index (χ4v) is 3.22. The van der Waals surface area contributed by atoms with Crippen molar-refractivity contribution in [2.24, 2.45) is 0 Å². The number of pyridine rings is 1. The van der Waals surface area contributed by atoms with Crippen molar-refractivity contribution in [3.8, 4) is 6.19 Å². The first kappa shape index (κ1) is 14.0. The molecule has 1 atom stereocenters. The van der Waals surface area contributed by atoms with Crippen molar-refractivity contribution < 1.29 is 21.7 Å². The van der Waals surface area contributed by atoms with Gasteiger partial charge in [0.25, 0.3) is 0 Å². The second kappa shape index (κ2) is 4.58. The van der Waals surface area contributed by atoms with Gasteiger partial charge in [-0.1, -0.05) is 6.07 Å². The van der Waals surface area contributed by atoms with Crippen LogP contribution in [0, 0.1) is 11.5 Å². The van der Waals surface area contributed by atoms with Gasteiger partial charge in [0.1, 0.15) is 16.7 Å². The molecule has 1 aliphatic carbocycles. The van der Waals surface area contributed by atoms with E-state index >= 15 is 0 Å². The highest BCUT2D eigenvalue weighted by Crippen LogP contribution is 2.51. The molecule has 1 unspecified atom stereocenters. The molecule has 0 amide bonds. The first-order valence-corrected chi connectivity index (χ1v) is 6.56. The van der Waals surface area contributed by atoms with Crippen LogP contribution < -0.4 is 0 Å². The van der Waals surface area contributed by atoms with Gasteiger partial charge >= 0.3 is 12.4 Å². The molecule has 19 heavy (non-hydrogen) atoms. The Morgan fingerprint density at radius 2 is 2.11 bits per heavy atom. The molecule has 4 nitrogen and oxygen atoms in total. The van der Waals surface area contributed by atoms with Crippen molar-refractivity contribution in [2.45, 2.75) is 23.8 Å². The van der Waals surface area contributed by atoms with Crippen LogP contribution in [0.3, 0.4) is 0 Å². The third-order valence-electron chi connectivity index (χ3n) is 3.03. The lowest BCUT2D eigenvalue weighted by atomic mass is 10.1. The Kier molecular flexibility index (Phi) is 3.36. The number of hydrogen-bond donors (Lipinski definition) is 1. The summed E-state index contributed by atoms with van der Waals surface area (Å²) in [5.74, 6) is 0. The van der Waals surface area contributed by atoms with Crippen LogP contribution >= 0.6 is 0 Å². The molecule has 1 N–H and O–H groups in total. The largest absolute Gasteiger partial charge is 0.467 e. The molecule has 0 aliphatic heterocycles. The van der Waals surface area contributed by atoms with Crippen LogP contribution in [0.25, 0.3) is 0 Å². The molecular formula is C11H11F3N3OS+. The molecule has 1 aliphatic rings. The fraction of sp³-hybridized carbons (Fsp3) is 0.455. The molecule has 1 heterocycles. The van der Waals surface area contributed by atoms with Crippen LogP contribution in [0.15, 0.2) is 18.3 Å². The predicted molar refractivity (Wildman–Crippen MR) is 61.9 cm³/mol. The average molecular weight is 290 g/mol. The van der Waals surface area contributed by atoms with E-state index in [1.807, 2.05) is 6.19 Å². The molecule has 8 heteroatoms. The monoisotopic (exact) mass is 290 g/mol. The SMILES string of the molecule is C[N+](C#N)=S(O)C1(c2ccc(C(F)(F)F)nc2)CC1. The van der Waals surface area contributed by atoms with Crippen LogP contribution in [0.1, 0.15) is 24.1 Å². The molecule has 0 saturated heterocycles. The van der Waals surface area contributed by atoms with Crippen molar-refractivity contribution in [1.82, 2.24) is 4.98 Å². The smallest absolute Gasteiger partial charge is 0.305 e. The van der Waals surface area contributed by atoms with Crippen LogP contribution in [-0.4, -0.2) is 20.5 Å². The quantitative estimate of drug-likeness (QED) is 0.517. The summed E-state index contributed by atoms with van der Waals surface area (Å²) < 4.78 is 47.8. The van der Waals surface area contributed by atoms with E-state index in [9.17, 15) is 17.7 Å². The summed E-state index contributed by atoms with van der Waals surface area (Å²) >= 11 is 0. The van der Waals surface area contributed by atoms with Gasteiger partial charge < -0.3 is 4.55 Å². The normalized spacial score (nSPS) is 19.5. The van der Waals surface area contributed by atoms with E-state index in [-0.39, 0.29) is 0 Å². The lowest BCUT2D eigenvalue weighted by Crippen LogP contribution is -2.21. The van der Waals surface area contributed by atoms with Gasteiger partial charge in [0.05, 0.1) is 11.8 Å². The maximum atomic E-state index is 12.4. The predicted octanol–water partition coefficient (Wildman–Crippen LogP) is 2.49. The molecule has 1 fully saturated rings. The zero-order valence-electron chi connectivity index (χ0n) is 9.98. The van der Waals surface area contributed by atoms with Crippen molar-refractivity contribution in [3.05, 3.63) is 29.6 Å². The number of hydrogen-bond acceptors (Lipinski definition) is 2.